The van der Waals surface area contributed by atoms with E-state index in [1.54, 1.807) is 6.92 Å². The fourth-order valence-electron chi connectivity index (χ4n) is 1.29. The van der Waals surface area contributed by atoms with Crippen molar-refractivity contribution in [2.75, 3.05) is 12.4 Å². The van der Waals surface area contributed by atoms with Gasteiger partial charge in [-0.05, 0) is 6.92 Å². The van der Waals surface area contributed by atoms with Crippen molar-refractivity contribution in [3.05, 3.63) is 16.1 Å². The molecule has 0 aliphatic heterocycles. The van der Waals surface area contributed by atoms with E-state index in [-0.39, 0.29) is 28.0 Å². The number of rotatable bonds is 6. The maximum atomic E-state index is 11.6. The molecule has 1 aromatic rings. The van der Waals surface area contributed by atoms with E-state index in [1.165, 1.54) is 12.4 Å². The quantitative estimate of drug-likeness (QED) is 0.757. The monoisotopic (exact) mass is 305 g/mol. The van der Waals surface area contributed by atoms with Gasteiger partial charge < -0.3 is 14.9 Å². The number of carbonyl (C=O) groups is 2. The average Bonchev–Trinajstić information content (AvgIpc) is 2.84. The Bertz CT molecular complexity index is 448. The maximum Gasteiger partial charge on any atom is 0.358 e. The Morgan fingerprint density at radius 1 is 1.53 bits per heavy atom. The molecule has 106 valence electrons. The number of hydrogen-bond acceptors (Lipinski definition) is 8. The fraction of sp³-hybridized carbons (Fsp3) is 0.545. The summed E-state index contributed by atoms with van der Waals surface area (Å²) in [5.41, 5.74) is 1.40. The van der Waals surface area contributed by atoms with Crippen molar-refractivity contribution in [2.24, 2.45) is 0 Å². The first-order valence-electron chi connectivity index (χ1n) is 5.57. The summed E-state index contributed by atoms with van der Waals surface area (Å²) in [4.78, 5) is 26.5. The minimum atomic E-state index is -1.27. The first-order chi connectivity index (χ1) is 8.97. The smallest absolute Gasteiger partial charge is 0.358 e. The zero-order valence-electron chi connectivity index (χ0n) is 10.5. The van der Waals surface area contributed by atoms with E-state index in [2.05, 4.69) is 4.98 Å². The summed E-state index contributed by atoms with van der Waals surface area (Å²) in [6.07, 6.45) is -2.42. The summed E-state index contributed by atoms with van der Waals surface area (Å²) < 4.78 is 4.81. The highest BCUT2D eigenvalue weighted by molar-refractivity contribution is 8.13. The summed E-state index contributed by atoms with van der Waals surface area (Å²) in [5, 5.41) is 19.6. The molecule has 19 heavy (non-hydrogen) atoms. The first kappa shape index (κ1) is 16.1. The van der Waals surface area contributed by atoms with Crippen LogP contribution in [-0.2, 0) is 9.53 Å². The Hall–Kier alpha value is -0.960. The van der Waals surface area contributed by atoms with Gasteiger partial charge in [-0.1, -0.05) is 11.8 Å². The van der Waals surface area contributed by atoms with Crippen LogP contribution < -0.4 is 0 Å². The second-order valence-corrected chi connectivity index (χ2v) is 5.68. The molecule has 0 aromatic carbocycles. The number of aromatic nitrogens is 1. The lowest BCUT2D eigenvalue weighted by molar-refractivity contribution is -0.109. The van der Waals surface area contributed by atoms with Crippen LogP contribution in [0, 0.1) is 0 Å². The number of esters is 1. The van der Waals surface area contributed by atoms with Gasteiger partial charge in [0.1, 0.15) is 6.10 Å². The average molecular weight is 305 g/mol. The molecule has 0 fully saturated rings. The highest BCUT2D eigenvalue weighted by atomic mass is 32.2. The van der Waals surface area contributed by atoms with Gasteiger partial charge in [0, 0.05) is 12.7 Å². The van der Waals surface area contributed by atoms with Crippen molar-refractivity contribution in [1.82, 2.24) is 4.98 Å². The Kier molecular flexibility index (Phi) is 6.43. The number of aliphatic hydroxyl groups excluding tert-OH is 2. The first-order valence-corrected chi connectivity index (χ1v) is 7.43. The van der Waals surface area contributed by atoms with Gasteiger partial charge in [-0.25, -0.2) is 9.78 Å². The third-order valence-electron chi connectivity index (χ3n) is 2.15. The second kappa shape index (κ2) is 7.59. The number of hydrogen-bond donors (Lipinski definition) is 2. The van der Waals surface area contributed by atoms with Gasteiger partial charge in [-0.3, -0.25) is 4.79 Å². The van der Waals surface area contributed by atoms with E-state index in [0.29, 0.717) is 0 Å². The normalized spacial score (nSPS) is 13.9. The van der Waals surface area contributed by atoms with Gasteiger partial charge in [0.05, 0.1) is 23.1 Å². The molecule has 6 nitrogen and oxygen atoms in total. The van der Waals surface area contributed by atoms with Gasteiger partial charge in [-0.15, -0.1) is 11.3 Å². The zero-order chi connectivity index (χ0) is 14.4. The lowest BCUT2D eigenvalue weighted by Gasteiger charge is -2.16. The Balaban J connectivity index is 2.76. The van der Waals surface area contributed by atoms with Crippen LogP contribution in [0.2, 0.25) is 0 Å². The number of thioether (sulfide) groups is 1. The Morgan fingerprint density at radius 2 is 2.21 bits per heavy atom. The van der Waals surface area contributed by atoms with Crippen LogP contribution in [0.3, 0.4) is 0 Å². The summed E-state index contributed by atoms with van der Waals surface area (Å²) >= 11 is 1.97. The molecule has 0 aliphatic carbocycles. The standard InChI is InChI=1S/C11H15NO5S2/c1-3-17-11(16)8-10(19-5-12-8)9(15)7(14)4-18-6(2)13/h5,7,9,14-15H,3-4H2,1-2H3. The molecule has 2 unspecified atom stereocenters. The van der Waals surface area contributed by atoms with Crippen molar-refractivity contribution in [2.45, 2.75) is 26.1 Å². The van der Waals surface area contributed by atoms with Crippen LogP contribution >= 0.6 is 23.1 Å². The third-order valence-corrected chi connectivity index (χ3v) is 3.97. The molecule has 0 saturated heterocycles. The van der Waals surface area contributed by atoms with E-state index in [9.17, 15) is 19.8 Å². The van der Waals surface area contributed by atoms with E-state index < -0.39 is 18.2 Å². The van der Waals surface area contributed by atoms with Crippen LogP contribution in [0.1, 0.15) is 35.3 Å². The number of ether oxygens (including phenoxy) is 1. The summed E-state index contributed by atoms with van der Waals surface area (Å²) in [6, 6.07) is 0. The molecule has 0 radical (unpaired) electrons. The molecule has 1 heterocycles. The molecule has 1 aromatic heterocycles. The molecular weight excluding hydrogens is 290 g/mol. The highest BCUT2D eigenvalue weighted by Crippen LogP contribution is 2.27. The lowest BCUT2D eigenvalue weighted by atomic mass is 10.1. The number of thiazole rings is 1. The number of carbonyl (C=O) groups excluding carboxylic acids is 2. The van der Waals surface area contributed by atoms with Crippen LogP contribution in [0.5, 0.6) is 0 Å². The van der Waals surface area contributed by atoms with Crippen molar-refractivity contribution in [1.29, 1.82) is 0 Å². The Labute approximate surface area is 118 Å². The minimum Gasteiger partial charge on any atom is -0.461 e. The molecule has 0 spiro atoms. The largest absolute Gasteiger partial charge is 0.461 e. The zero-order valence-corrected chi connectivity index (χ0v) is 12.2. The SMILES string of the molecule is CCOC(=O)c1ncsc1C(O)C(O)CSC(C)=O. The molecule has 0 amide bonds. The molecule has 2 atom stereocenters. The second-order valence-electron chi connectivity index (χ2n) is 3.60. The van der Waals surface area contributed by atoms with Gasteiger partial charge >= 0.3 is 5.97 Å². The molecule has 0 aliphatic rings. The molecular formula is C11H15NO5S2. The van der Waals surface area contributed by atoms with Crippen LogP contribution in [0.25, 0.3) is 0 Å². The molecule has 2 N–H and O–H groups in total. The lowest BCUT2D eigenvalue weighted by Crippen LogP contribution is -2.22. The van der Waals surface area contributed by atoms with Crippen LogP contribution in [0.4, 0.5) is 0 Å². The minimum absolute atomic E-state index is 0.00576. The Morgan fingerprint density at radius 3 is 2.79 bits per heavy atom. The molecule has 8 heteroatoms. The van der Waals surface area contributed by atoms with Gasteiger partial charge in [0.2, 0.25) is 0 Å². The predicted octanol–water partition coefficient (Wildman–Crippen LogP) is 0.994. The van der Waals surface area contributed by atoms with Crippen molar-refractivity contribution in [3.63, 3.8) is 0 Å². The van der Waals surface area contributed by atoms with Gasteiger partial charge in [0.25, 0.3) is 0 Å². The van der Waals surface area contributed by atoms with Crippen LogP contribution in [0.15, 0.2) is 5.51 Å². The van der Waals surface area contributed by atoms with Crippen molar-refractivity contribution >= 4 is 34.2 Å². The predicted molar refractivity (Wildman–Crippen MR) is 72.2 cm³/mol. The van der Waals surface area contributed by atoms with Crippen molar-refractivity contribution < 1.29 is 24.5 Å². The van der Waals surface area contributed by atoms with E-state index in [1.807, 2.05) is 0 Å². The summed E-state index contributed by atoms with van der Waals surface area (Å²) in [6.45, 7) is 3.24. The number of aliphatic hydroxyl groups is 2. The van der Waals surface area contributed by atoms with Gasteiger partial charge in [0.15, 0.2) is 10.8 Å². The molecule has 0 saturated carbocycles. The highest BCUT2D eigenvalue weighted by Gasteiger charge is 2.27. The fourth-order valence-corrected chi connectivity index (χ4v) is 2.69. The molecule has 1 rings (SSSR count). The van der Waals surface area contributed by atoms with E-state index in [0.717, 1.165) is 23.1 Å². The van der Waals surface area contributed by atoms with Crippen LogP contribution in [-0.4, -0.2) is 44.7 Å². The third kappa shape index (κ3) is 4.57. The summed E-state index contributed by atoms with van der Waals surface area (Å²) in [5.74, 6) is -0.583. The topological polar surface area (TPSA) is 96.7 Å². The summed E-state index contributed by atoms with van der Waals surface area (Å²) in [7, 11) is 0. The van der Waals surface area contributed by atoms with Crippen molar-refractivity contribution in [3.8, 4) is 0 Å². The van der Waals surface area contributed by atoms with Gasteiger partial charge in [-0.2, -0.15) is 0 Å². The van der Waals surface area contributed by atoms with E-state index in [4.69, 9.17) is 4.74 Å². The maximum absolute atomic E-state index is 11.6. The number of nitrogens with zero attached hydrogens (tertiary/aromatic N) is 1. The van der Waals surface area contributed by atoms with E-state index >= 15 is 0 Å². The molecule has 0 bridgehead atoms.